The van der Waals surface area contributed by atoms with Crippen molar-refractivity contribution in [2.75, 3.05) is 0 Å². The molecule has 2 aliphatic rings. The molecule has 6 nitrogen and oxygen atoms in total. The van der Waals surface area contributed by atoms with Crippen LogP contribution in [0.2, 0.25) is 0 Å². The summed E-state index contributed by atoms with van der Waals surface area (Å²) in [6, 6.07) is 6.66. The molecule has 1 atom stereocenters. The minimum Gasteiger partial charge on any atom is -0.332 e. The van der Waals surface area contributed by atoms with Gasteiger partial charge in [0.25, 0.3) is 5.91 Å². The molecule has 0 aliphatic heterocycles. The number of nitrogens with zero attached hydrogens (tertiary/aromatic N) is 4. The topological polar surface area (TPSA) is 66.8 Å². The molecule has 0 spiro atoms. The molecule has 1 saturated carbocycles. The Bertz CT molecular complexity index is 1050. The fourth-order valence-electron chi connectivity index (χ4n) is 4.62. The van der Waals surface area contributed by atoms with Gasteiger partial charge in [-0.15, -0.1) is 0 Å². The quantitative estimate of drug-likeness (QED) is 0.732. The molecule has 1 N–H and O–H groups in total. The molecule has 0 saturated heterocycles. The van der Waals surface area contributed by atoms with Gasteiger partial charge in [-0.1, -0.05) is 26.8 Å². The third-order valence-corrected chi connectivity index (χ3v) is 6.10. The fourth-order valence-corrected chi connectivity index (χ4v) is 4.62. The van der Waals surface area contributed by atoms with E-state index in [1.807, 2.05) is 29.2 Å². The summed E-state index contributed by atoms with van der Waals surface area (Å²) in [6.07, 6.45) is 8.87. The lowest BCUT2D eigenvalue weighted by atomic mass is 9.91. The summed E-state index contributed by atoms with van der Waals surface area (Å²) in [7, 11) is 0. The number of aryl methyl sites for hydroxylation is 1. The van der Waals surface area contributed by atoms with Gasteiger partial charge in [0.1, 0.15) is 0 Å². The number of benzene rings is 1. The van der Waals surface area contributed by atoms with Crippen LogP contribution in [0.25, 0.3) is 10.9 Å². The summed E-state index contributed by atoms with van der Waals surface area (Å²) in [4.78, 5) is 15.9. The summed E-state index contributed by atoms with van der Waals surface area (Å²) in [5.74, 6) is 0.158. The highest BCUT2D eigenvalue weighted by Gasteiger charge is 2.39. The van der Waals surface area contributed by atoms with E-state index in [-0.39, 0.29) is 17.4 Å². The standard InChI is InChI=1S/C23H29N5O/c1-23(2,3)14-27-21-6-4-5-18(19(21)13-25-27)22(29)28(16-7-8-16)17-9-10-20-15(11-17)12-24-26-20/h4-6,12-13,16-17H,7-11,14H2,1-3H3,(H,24,26). The molecule has 2 heterocycles. The van der Waals surface area contributed by atoms with Gasteiger partial charge < -0.3 is 4.90 Å². The van der Waals surface area contributed by atoms with Gasteiger partial charge in [0.15, 0.2) is 0 Å². The minimum atomic E-state index is 0.128. The second kappa shape index (κ2) is 6.71. The number of aromatic nitrogens is 4. The Morgan fingerprint density at radius 3 is 2.79 bits per heavy atom. The van der Waals surface area contributed by atoms with Crippen molar-refractivity contribution >= 4 is 16.8 Å². The summed E-state index contributed by atoms with van der Waals surface area (Å²) in [6.45, 7) is 7.44. The van der Waals surface area contributed by atoms with Crippen LogP contribution in [0.1, 0.15) is 61.6 Å². The molecule has 2 aromatic heterocycles. The SMILES string of the molecule is CC(C)(C)Cn1ncc2c(C(=O)N(C3CC3)C3CCc4[nH]ncc4C3)cccc21. The average Bonchev–Trinajstić information content (AvgIpc) is 3.25. The second-order valence-electron chi connectivity index (χ2n) is 9.82. The summed E-state index contributed by atoms with van der Waals surface area (Å²) in [5, 5.41) is 12.9. The first-order valence-corrected chi connectivity index (χ1v) is 10.7. The van der Waals surface area contributed by atoms with E-state index >= 15 is 0 Å². The van der Waals surface area contributed by atoms with E-state index in [1.165, 1.54) is 11.3 Å². The van der Waals surface area contributed by atoms with E-state index in [0.717, 1.165) is 55.1 Å². The van der Waals surface area contributed by atoms with Crippen LogP contribution in [0.4, 0.5) is 0 Å². The molecule has 0 radical (unpaired) electrons. The number of fused-ring (bicyclic) bond motifs is 2. The van der Waals surface area contributed by atoms with Crippen molar-refractivity contribution < 1.29 is 4.79 Å². The molecule has 29 heavy (non-hydrogen) atoms. The van der Waals surface area contributed by atoms with Crippen molar-refractivity contribution in [2.24, 2.45) is 5.41 Å². The lowest BCUT2D eigenvalue weighted by Crippen LogP contribution is -2.44. The molecule has 1 aromatic carbocycles. The maximum absolute atomic E-state index is 13.7. The van der Waals surface area contributed by atoms with Crippen LogP contribution in [0.5, 0.6) is 0 Å². The van der Waals surface area contributed by atoms with Gasteiger partial charge in [-0.3, -0.25) is 14.6 Å². The largest absolute Gasteiger partial charge is 0.332 e. The molecule has 152 valence electrons. The maximum atomic E-state index is 13.7. The van der Waals surface area contributed by atoms with Crippen molar-refractivity contribution in [1.29, 1.82) is 0 Å². The van der Waals surface area contributed by atoms with Gasteiger partial charge in [-0.25, -0.2) is 0 Å². The third-order valence-electron chi connectivity index (χ3n) is 6.10. The minimum absolute atomic E-state index is 0.128. The first-order chi connectivity index (χ1) is 13.9. The van der Waals surface area contributed by atoms with Gasteiger partial charge in [0.2, 0.25) is 0 Å². The predicted molar refractivity (Wildman–Crippen MR) is 113 cm³/mol. The summed E-state index contributed by atoms with van der Waals surface area (Å²) >= 11 is 0. The highest BCUT2D eigenvalue weighted by Crippen LogP contribution is 2.35. The van der Waals surface area contributed by atoms with Crippen LogP contribution in [0, 0.1) is 5.41 Å². The maximum Gasteiger partial charge on any atom is 0.255 e. The summed E-state index contributed by atoms with van der Waals surface area (Å²) in [5.41, 5.74) is 4.45. The molecule has 6 heteroatoms. The lowest BCUT2D eigenvalue weighted by molar-refractivity contribution is 0.0645. The zero-order chi connectivity index (χ0) is 20.2. The monoisotopic (exact) mass is 391 g/mol. The Morgan fingerprint density at radius 2 is 2.03 bits per heavy atom. The van der Waals surface area contributed by atoms with E-state index in [2.05, 4.69) is 47.0 Å². The first kappa shape index (κ1) is 18.4. The van der Waals surface area contributed by atoms with Gasteiger partial charge in [0.05, 0.1) is 23.5 Å². The normalized spacial score (nSPS) is 19.3. The van der Waals surface area contributed by atoms with Crippen LogP contribution in [0.3, 0.4) is 0 Å². The van der Waals surface area contributed by atoms with Gasteiger partial charge >= 0.3 is 0 Å². The second-order valence-corrected chi connectivity index (χ2v) is 9.82. The molecule has 0 bridgehead atoms. The number of H-pyrrole nitrogens is 1. The molecule has 1 fully saturated rings. The van der Waals surface area contributed by atoms with Crippen molar-refractivity contribution in [3.05, 3.63) is 47.4 Å². The predicted octanol–water partition coefficient (Wildman–Crippen LogP) is 3.97. The van der Waals surface area contributed by atoms with E-state index in [9.17, 15) is 4.79 Å². The molecule has 3 aromatic rings. The van der Waals surface area contributed by atoms with E-state index < -0.39 is 0 Å². The van der Waals surface area contributed by atoms with Crippen LogP contribution in [0.15, 0.2) is 30.6 Å². The smallest absolute Gasteiger partial charge is 0.255 e. The number of hydrogen-bond acceptors (Lipinski definition) is 3. The van der Waals surface area contributed by atoms with Crippen molar-refractivity contribution in [2.45, 2.75) is 71.5 Å². The Hall–Kier alpha value is -2.63. The highest BCUT2D eigenvalue weighted by atomic mass is 16.2. The Morgan fingerprint density at radius 1 is 1.21 bits per heavy atom. The van der Waals surface area contributed by atoms with E-state index in [0.29, 0.717) is 6.04 Å². The number of rotatable bonds is 4. The van der Waals surface area contributed by atoms with Crippen molar-refractivity contribution in [3.8, 4) is 0 Å². The molecule has 5 rings (SSSR count). The number of hydrogen-bond donors (Lipinski definition) is 1. The third kappa shape index (κ3) is 3.45. The number of nitrogens with one attached hydrogen (secondary N) is 1. The highest BCUT2D eigenvalue weighted by molar-refractivity contribution is 6.06. The van der Waals surface area contributed by atoms with Gasteiger partial charge in [-0.05, 0) is 55.2 Å². The Balaban J connectivity index is 1.48. The van der Waals surface area contributed by atoms with Crippen LogP contribution in [-0.4, -0.2) is 42.9 Å². The average molecular weight is 392 g/mol. The van der Waals surface area contributed by atoms with Gasteiger partial charge in [-0.2, -0.15) is 10.2 Å². The molecule has 1 unspecified atom stereocenters. The lowest BCUT2D eigenvalue weighted by Gasteiger charge is -2.34. The Labute approximate surface area is 171 Å². The molecular formula is C23H29N5O. The summed E-state index contributed by atoms with van der Waals surface area (Å²) < 4.78 is 2.03. The number of carbonyl (C=O) groups excluding carboxylic acids is 1. The molecular weight excluding hydrogens is 362 g/mol. The zero-order valence-electron chi connectivity index (χ0n) is 17.5. The number of carbonyl (C=O) groups is 1. The van der Waals surface area contributed by atoms with Gasteiger partial charge in [0, 0.05) is 29.7 Å². The molecule has 1 amide bonds. The van der Waals surface area contributed by atoms with Crippen LogP contribution in [-0.2, 0) is 19.4 Å². The van der Waals surface area contributed by atoms with E-state index in [1.54, 1.807) is 0 Å². The van der Waals surface area contributed by atoms with Crippen molar-refractivity contribution in [1.82, 2.24) is 24.9 Å². The van der Waals surface area contributed by atoms with Crippen molar-refractivity contribution in [3.63, 3.8) is 0 Å². The molecule has 2 aliphatic carbocycles. The fraction of sp³-hybridized carbons (Fsp3) is 0.522. The number of aromatic amines is 1. The zero-order valence-corrected chi connectivity index (χ0v) is 17.5. The number of amides is 1. The first-order valence-electron chi connectivity index (χ1n) is 10.7. The van der Waals surface area contributed by atoms with Crippen LogP contribution < -0.4 is 0 Å². The van der Waals surface area contributed by atoms with E-state index in [4.69, 9.17) is 0 Å². The van der Waals surface area contributed by atoms with Crippen LogP contribution >= 0.6 is 0 Å². The Kier molecular flexibility index (Phi) is 4.26.